The molecule has 1 fully saturated rings. The lowest BCUT2D eigenvalue weighted by Crippen LogP contribution is -2.28. The van der Waals surface area contributed by atoms with Gasteiger partial charge < -0.3 is 25.8 Å². The molecule has 0 bridgehead atoms. The van der Waals surface area contributed by atoms with Gasteiger partial charge in [0.05, 0.1) is 23.6 Å². The van der Waals surface area contributed by atoms with Crippen molar-refractivity contribution >= 4 is 28.7 Å². The quantitative estimate of drug-likeness (QED) is 0.350. The van der Waals surface area contributed by atoms with Crippen LogP contribution in [0, 0.1) is 0 Å². The summed E-state index contributed by atoms with van der Waals surface area (Å²) < 4.78 is 20.8. The molecule has 10 heteroatoms. The van der Waals surface area contributed by atoms with Crippen LogP contribution in [0.4, 0.5) is 21.6 Å². The summed E-state index contributed by atoms with van der Waals surface area (Å²) in [6, 6.07) is 8.83. The van der Waals surface area contributed by atoms with Crippen molar-refractivity contribution in [2.24, 2.45) is 0 Å². The van der Waals surface area contributed by atoms with E-state index in [4.69, 9.17) is 4.74 Å². The minimum atomic E-state index is -0.995. The summed E-state index contributed by atoms with van der Waals surface area (Å²) >= 11 is 0. The van der Waals surface area contributed by atoms with E-state index in [-0.39, 0.29) is 18.4 Å². The molecule has 0 saturated heterocycles. The van der Waals surface area contributed by atoms with Crippen LogP contribution in [0.15, 0.2) is 36.5 Å². The number of alkyl halides is 1. The highest BCUT2D eigenvalue weighted by atomic mass is 19.1. The van der Waals surface area contributed by atoms with Crippen LogP contribution in [0.1, 0.15) is 43.1 Å². The molecular weight excluding hydrogens is 427 g/mol. The van der Waals surface area contributed by atoms with Crippen molar-refractivity contribution in [2.45, 2.75) is 50.9 Å². The fraction of sp³-hybridized carbons (Fsp3) is 0.435. The Labute approximate surface area is 191 Å². The number of fused-ring (bicyclic) bond motifs is 1. The van der Waals surface area contributed by atoms with Crippen molar-refractivity contribution in [3.05, 3.63) is 42.2 Å². The summed E-state index contributed by atoms with van der Waals surface area (Å²) in [4.78, 5) is 16.9. The normalized spacial score (nSPS) is 18.1. The van der Waals surface area contributed by atoms with E-state index in [0.717, 1.165) is 12.8 Å². The van der Waals surface area contributed by atoms with Crippen LogP contribution < -0.4 is 20.7 Å². The number of aromatic nitrogens is 3. The van der Waals surface area contributed by atoms with E-state index in [1.165, 1.54) is 10.7 Å². The van der Waals surface area contributed by atoms with Crippen LogP contribution in [0.5, 0.6) is 5.75 Å². The minimum absolute atomic E-state index is 0.0551. The second-order valence-electron chi connectivity index (χ2n) is 8.07. The summed E-state index contributed by atoms with van der Waals surface area (Å²) in [5, 5.41) is 22.9. The number of imidazole rings is 1. The number of aliphatic hydroxyl groups excluding tert-OH is 1. The van der Waals surface area contributed by atoms with Crippen LogP contribution in [0.25, 0.3) is 5.65 Å². The highest BCUT2D eigenvalue weighted by Gasteiger charge is 2.39. The highest BCUT2D eigenvalue weighted by Crippen LogP contribution is 2.30. The van der Waals surface area contributed by atoms with Gasteiger partial charge >= 0.3 is 0 Å². The molecule has 1 amide bonds. The minimum Gasteiger partial charge on any atom is -0.488 e. The number of nitrogens with zero attached hydrogens (tertiary/aromatic N) is 3. The molecule has 176 valence electrons. The SMILES string of the molecule is CCCC(CCO)Oc1ccccc1Nc1cc(NC)c2ncc(C(=O)N[C@@H]3CC3F)n2n1. The van der Waals surface area contributed by atoms with E-state index in [0.29, 0.717) is 41.4 Å². The number of rotatable bonds is 11. The van der Waals surface area contributed by atoms with Gasteiger partial charge in [-0.05, 0) is 18.6 Å². The van der Waals surface area contributed by atoms with Crippen molar-refractivity contribution in [3.63, 3.8) is 0 Å². The third-order valence-electron chi connectivity index (χ3n) is 5.50. The topological polar surface area (TPSA) is 113 Å². The molecule has 4 N–H and O–H groups in total. The van der Waals surface area contributed by atoms with Crippen molar-refractivity contribution < 1.29 is 19.0 Å². The lowest BCUT2D eigenvalue weighted by atomic mass is 10.1. The zero-order chi connectivity index (χ0) is 23.4. The van der Waals surface area contributed by atoms with Crippen LogP contribution in [-0.2, 0) is 0 Å². The Bertz CT molecular complexity index is 1110. The summed E-state index contributed by atoms with van der Waals surface area (Å²) in [6.07, 6.45) is 2.99. The van der Waals surface area contributed by atoms with Gasteiger partial charge in [0.15, 0.2) is 17.2 Å². The van der Waals surface area contributed by atoms with Crippen molar-refractivity contribution in [2.75, 3.05) is 24.3 Å². The number of nitrogens with one attached hydrogen (secondary N) is 3. The number of carbonyl (C=O) groups is 1. The molecule has 2 unspecified atom stereocenters. The first-order chi connectivity index (χ1) is 16.0. The second kappa shape index (κ2) is 10.0. The molecule has 2 aromatic heterocycles. The van der Waals surface area contributed by atoms with Crippen LogP contribution in [0.3, 0.4) is 0 Å². The Kier molecular flexibility index (Phi) is 6.93. The number of anilines is 3. The summed E-state index contributed by atoms with van der Waals surface area (Å²) in [5.74, 6) is 0.692. The first-order valence-electron chi connectivity index (χ1n) is 11.2. The smallest absolute Gasteiger partial charge is 0.271 e. The number of ether oxygens (including phenoxy) is 1. The van der Waals surface area contributed by atoms with Gasteiger partial charge in [0.25, 0.3) is 5.91 Å². The Balaban J connectivity index is 1.62. The zero-order valence-corrected chi connectivity index (χ0v) is 18.7. The summed E-state index contributed by atoms with van der Waals surface area (Å²) in [7, 11) is 1.76. The molecule has 1 aromatic carbocycles. The number of aliphatic hydroxyl groups is 1. The van der Waals surface area contributed by atoms with Crippen molar-refractivity contribution in [1.82, 2.24) is 19.9 Å². The van der Waals surface area contributed by atoms with Gasteiger partial charge in [0.2, 0.25) is 0 Å². The van der Waals surface area contributed by atoms with Gasteiger partial charge in [-0.15, -0.1) is 5.10 Å². The Hall–Kier alpha value is -3.40. The van der Waals surface area contributed by atoms with E-state index in [9.17, 15) is 14.3 Å². The molecule has 1 saturated carbocycles. The van der Waals surface area contributed by atoms with Crippen molar-refractivity contribution in [3.8, 4) is 5.75 Å². The highest BCUT2D eigenvalue weighted by molar-refractivity contribution is 5.94. The van der Waals surface area contributed by atoms with E-state index in [1.54, 1.807) is 13.1 Å². The molecule has 0 spiro atoms. The second-order valence-corrected chi connectivity index (χ2v) is 8.07. The molecule has 1 aliphatic rings. The van der Waals surface area contributed by atoms with E-state index < -0.39 is 18.1 Å². The Morgan fingerprint density at radius 3 is 2.82 bits per heavy atom. The monoisotopic (exact) mass is 456 g/mol. The van der Waals surface area contributed by atoms with Gasteiger partial charge in [0.1, 0.15) is 18.0 Å². The average molecular weight is 457 g/mol. The van der Waals surface area contributed by atoms with Gasteiger partial charge in [-0.1, -0.05) is 25.5 Å². The molecule has 3 atom stereocenters. The van der Waals surface area contributed by atoms with Gasteiger partial charge in [-0.3, -0.25) is 4.79 Å². The van der Waals surface area contributed by atoms with Gasteiger partial charge in [-0.2, -0.15) is 0 Å². The number of carbonyl (C=O) groups excluding carboxylic acids is 1. The maximum Gasteiger partial charge on any atom is 0.271 e. The van der Waals surface area contributed by atoms with E-state index >= 15 is 0 Å². The number of hydrogen-bond acceptors (Lipinski definition) is 7. The standard InChI is InChI=1S/C23H29FN6O3/c1-3-6-14(9-10-31)33-20-8-5-4-7-16(20)27-21-12-18(25-2)22-26-13-19(30(22)29-21)23(32)28-17-11-15(17)24/h4-5,7-8,12-15,17,25,31H,3,6,9-11H2,1-2H3,(H,27,29)(H,28,32)/t14?,15?,17-/m1/s1. The molecule has 9 nitrogen and oxygen atoms in total. The Morgan fingerprint density at radius 1 is 1.33 bits per heavy atom. The first kappa shape index (κ1) is 22.8. The molecule has 0 aliphatic heterocycles. The van der Waals surface area contributed by atoms with Gasteiger partial charge in [0, 0.05) is 32.6 Å². The lowest BCUT2D eigenvalue weighted by Gasteiger charge is -2.20. The first-order valence-corrected chi connectivity index (χ1v) is 11.2. The average Bonchev–Trinajstić information content (AvgIpc) is 3.32. The Morgan fingerprint density at radius 2 is 2.12 bits per heavy atom. The maximum absolute atomic E-state index is 13.2. The number of amides is 1. The number of hydrogen-bond donors (Lipinski definition) is 4. The van der Waals surface area contributed by atoms with Crippen LogP contribution in [-0.4, -0.2) is 57.6 Å². The molecule has 0 radical (unpaired) electrons. The number of benzene rings is 1. The van der Waals surface area contributed by atoms with Crippen molar-refractivity contribution in [1.29, 1.82) is 0 Å². The predicted molar refractivity (Wildman–Crippen MR) is 124 cm³/mol. The van der Waals surface area contributed by atoms with Crippen LogP contribution in [0.2, 0.25) is 0 Å². The third kappa shape index (κ3) is 5.16. The molecule has 2 heterocycles. The van der Waals surface area contributed by atoms with E-state index in [2.05, 4.69) is 33.0 Å². The van der Waals surface area contributed by atoms with Gasteiger partial charge in [-0.25, -0.2) is 13.9 Å². The number of para-hydroxylation sites is 2. The molecule has 3 aromatic rings. The fourth-order valence-electron chi connectivity index (χ4n) is 3.64. The van der Waals surface area contributed by atoms with E-state index in [1.807, 2.05) is 24.3 Å². The molecule has 4 rings (SSSR count). The predicted octanol–water partition coefficient (Wildman–Crippen LogP) is 3.28. The lowest BCUT2D eigenvalue weighted by molar-refractivity contribution is 0.0940. The molecule has 1 aliphatic carbocycles. The summed E-state index contributed by atoms with van der Waals surface area (Å²) in [5.41, 5.74) is 2.08. The van der Waals surface area contributed by atoms with Crippen LogP contribution >= 0.6 is 0 Å². The molecular formula is C23H29FN6O3. The molecule has 33 heavy (non-hydrogen) atoms. The third-order valence-corrected chi connectivity index (χ3v) is 5.50. The summed E-state index contributed by atoms with van der Waals surface area (Å²) in [6.45, 7) is 2.13. The number of halogens is 1. The maximum atomic E-state index is 13.2. The largest absolute Gasteiger partial charge is 0.488 e. The zero-order valence-electron chi connectivity index (χ0n) is 18.7. The fourth-order valence-corrected chi connectivity index (χ4v) is 3.64.